The molecule has 0 aromatic heterocycles. The molecule has 0 radical (unpaired) electrons. The lowest BCUT2D eigenvalue weighted by atomic mass is 10.3. The molecule has 0 atom stereocenters. The molecule has 0 fully saturated rings. The highest BCUT2D eigenvalue weighted by Gasteiger charge is 2.10. The lowest BCUT2D eigenvalue weighted by Crippen LogP contribution is -2.26. The van der Waals surface area contributed by atoms with Gasteiger partial charge in [0.15, 0.2) is 17.5 Å². The van der Waals surface area contributed by atoms with E-state index in [1.54, 1.807) is 0 Å². The summed E-state index contributed by atoms with van der Waals surface area (Å²) >= 11 is 0. The molecular weight excluding hydrogens is 272 g/mol. The Labute approximate surface area is 123 Å². The number of hydrogen-bond donors (Lipinski definition) is 3. The third kappa shape index (κ3) is 4.87. The highest BCUT2D eigenvalue weighted by atomic mass is 16.5. The van der Waals surface area contributed by atoms with Crippen molar-refractivity contribution in [3.63, 3.8) is 0 Å². The van der Waals surface area contributed by atoms with Crippen LogP contribution in [0.3, 0.4) is 0 Å². The monoisotopic (exact) mass is 292 g/mol. The topological polar surface area (TPSA) is 98.0 Å². The first-order chi connectivity index (χ1) is 10.1. The van der Waals surface area contributed by atoms with E-state index in [1.165, 1.54) is 6.92 Å². The van der Waals surface area contributed by atoms with Crippen molar-refractivity contribution < 1.29 is 14.3 Å². The molecule has 4 N–H and O–H groups in total. The lowest BCUT2D eigenvalue weighted by molar-refractivity contribution is -0.118. The van der Waals surface area contributed by atoms with Gasteiger partial charge in [-0.1, -0.05) is 0 Å². The van der Waals surface area contributed by atoms with Gasteiger partial charge in [-0.3, -0.25) is 9.79 Å². The van der Waals surface area contributed by atoms with Gasteiger partial charge >= 0.3 is 0 Å². The van der Waals surface area contributed by atoms with E-state index in [0.29, 0.717) is 32.1 Å². The van der Waals surface area contributed by atoms with E-state index < -0.39 is 0 Å². The number of fused-ring (bicyclic) bond motifs is 1. The lowest BCUT2D eigenvalue weighted by Gasteiger charge is -2.10. The van der Waals surface area contributed by atoms with Gasteiger partial charge in [-0.25, -0.2) is 0 Å². The Morgan fingerprint density at radius 3 is 2.86 bits per heavy atom. The Balaban J connectivity index is 1.91. The Hall–Kier alpha value is -2.44. The van der Waals surface area contributed by atoms with E-state index in [9.17, 15) is 4.79 Å². The number of carbonyl (C=O) groups is 1. The van der Waals surface area contributed by atoms with Crippen LogP contribution in [-0.2, 0) is 4.79 Å². The number of nitrogens with zero attached hydrogens (tertiary/aromatic N) is 1. The fraction of sp³-hybridized carbons (Fsp3) is 0.429. The van der Waals surface area contributed by atoms with Crippen LogP contribution in [0.5, 0.6) is 11.5 Å². The van der Waals surface area contributed by atoms with E-state index in [0.717, 1.165) is 17.9 Å². The summed E-state index contributed by atoms with van der Waals surface area (Å²) in [6, 6.07) is 5.52. The van der Waals surface area contributed by atoms with Crippen LogP contribution in [0.25, 0.3) is 0 Å². The van der Waals surface area contributed by atoms with Crippen molar-refractivity contribution in [1.82, 2.24) is 5.32 Å². The molecule has 0 unspecified atom stereocenters. The van der Waals surface area contributed by atoms with Crippen LogP contribution < -0.4 is 25.8 Å². The minimum absolute atomic E-state index is 0.0837. The predicted octanol–water partition coefficient (Wildman–Crippen LogP) is 0.711. The quantitative estimate of drug-likeness (QED) is 0.431. The van der Waals surface area contributed by atoms with Gasteiger partial charge in [0, 0.05) is 31.6 Å². The van der Waals surface area contributed by atoms with Gasteiger partial charge in [0.2, 0.25) is 5.91 Å². The Bertz CT molecular complexity index is 531. The maximum atomic E-state index is 10.7. The molecule has 1 heterocycles. The summed E-state index contributed by atoms with van der Waals surface area (Å²) in [4.78, 5) is 14.8. The van der Waals surface area contributed by atoms with Crippen molar-refractivity contribution in [1.29, 1.82) is 0 Å². The normalized spacial score (nSPS) is 14.2. The number of amides is 1. The second-order valence-corrected chi connectivity index (χ2v) is 4.59. The molecule has 0 saturated heterocycles. The van der Waals surface area contributed by atoms with Crippen molar-refractivity contribution in [2.24, 2.45) is 10.7 Å². The molecule has 114 valence electrons. The number of benzene rings is 1. The number of rotatable bonds is 4. The summed E-state index contributed by atoms with van der Waals surface area (Å²) in [7, 11) is 0. The third-order valence-corrected chi connectivity index (χ3v) is 2.79. The Morgan fingerprint density at radius 2 is 2.10 bits per heavy atom. The van der Waals surface area contributed by atoms with Crippen molar-refractivity contribution in [2.45, 2.75) is 13.3 Å². The molecule has 21 heavy (non-hydrogen) atoms. The van der Waals surface area contributed by atoms with E-state index in [-0.39, 0.29) is 11.9 Å². The van der Waals surface area contributed by atoms with Crippen molar-refractivity contribution in [3.8, 4) is 11.5 Å². The SMILES string of the molecule is CC(=O)NCCN=C(N)Nc1ccc2c(c1)OCCCO2. The predicted molar refractivity (Wildman–Crippen MR) is 80.8 cm³/mol. The van der Waals surface area contributed by atoms with Crippen molar-refractivity contribution in [2.75, 3.05) is 31.6 Å². The fourth-order valence-electron chi connectivity index (χ4n) is 1.84. The summed E-state index contributed by atoms with van der Waals surface area (Å²) in [5.41, 5.74) is 6.56. The zero-order chi connectivity index (χ0) is 15.1. The first-order valence-corrected chi connectivity index (χ1v) is 6.86. The van der Waals surface area contributed by atoms with Gasteiger partial charge in [0.05, 0.1) is 19.8 Å². The average molecular weight is 292 g/mol. The van der Waals surface area contributed by atoms with E-state index >= 15 is 0 Å². The number of hydrogen-bond acceptors (Lipinski definition) is 4. The van der Waals surface area contributed by atoms with E-state index in [4.69, 9.17) is 15.2 Å². The largest absolute Gasteiger partial charge is 0.490 e. The number of ether oxygens (including phenoxy) is 2. The number of carbonyl (C=O) groups excluding carboxylic acids is 1. The van der Waals surface area contributed by atoms with Crippen LogP contribution in [0, 0.1) is 0 Å². The Morgan fingerprint density at radius 1 is 1.33 bits per heavy atom. The van der Waals surface area contributed by atoms with E-state index in [1.807, 2.05) is 18.2 Å². The van der Waals surface area contributed by atoms with Gasteiger partial charge in [0.25, 0.3) is 0 Å². The molecule has 0 bridgehead atoms. The zero-order valence-corrected chi connectivity index (χ0v) is 12.0. The van der Waals surface area contributed by atoms with Crippen LogP contribution in [0.2, 0.25) is 0 Å². The first kappa shape index (κ1) is 15.0. The average Bonchev–Trinajstić information content (AvgIpc) is 2.68. The molecular formula is C14H20N4O3. The van der Waals surface area contributed by atoms with Crippen molar-refractivity contribution >= 4 is 17.6 Å². The second kappa shape index (κ2) is 7.37. The molecule has 1 aliphatic rings. The number of nitrogens with one attached hydrogen (secondary N) is 2. The summed E-state index contributed by atoms with van der Waals surface area (Å²) in [6.07, 6.45) is 0.865. The molecule has 0 aliphatic carbocycles. The molecule has 1 amide bonds. The summed E-state index contributed by atoms with van der Waals surface area (Å²) in [6.45, 7) is 3.63. The minimum Gasteiger partial charge on any atom is -0.490 e. The Kier molecular flexibility index (Phi) is 5.25. The van der Waals surface area contributed by atoms with Gasteiger partial charge < -0.3 is 25.8 Å². The highest BCUT2D eigenvalue weighted by molar-refractivity contribution is 5.92. The molecule has 2 rings (SSSR count). The minimum atomic E-state index is -0.0837. The zero-order valence-electron chi connectivity index (χ0n) is 12.0. The third-order valence-electron chi connectivity index (χ3n) is 2.79. The fourth-order valence-corrected chi connectivity index (χ4v) is 1.84. The molecule has 0 saturated carbocycles. The number of anilines is 1. The number of aliphatic imine (C=N–C) groups is 1. The number of guanidine groups is 1. The first-order valence-electron chi connectivity index (χ1n) is 6.86. The number of nitrogens with two attached hydrogens (primary N) is 1. The second-order valence-electron chi connectivity index (χ2n) is 4.59. The molecule has 0 spiro atoms. The van der Waals surface area contributed by atoms with Crippen LogP contribution in [0.4, 0.5) is 5.69 Å². The molecule has 1 aliphatic heterocycles. The summed E-state index contributed by atoms with van der Waals surface area (Å²) < 4.78 is 11.2. The van der Waals surface area contributed by atoms with Crippen LogP contribution in [0.1, 0.15) is 13.3 Å². The summed E-state index contributed by atoms with van der Waals surface area (Å²) in [5.74, 6) is 1.64. The molecule has 1 aromatic rings. The molecule has 1 aromatic carbocycles. The van der Waals surface area contributed by atoms with Gasteiger partial charge in [-0.05, 0) is 12.1 Å². The highest BCUT2D eigenvalue weighted by Crippen LogP contribution is 2.32. The summed E-state index contributed by atoms with van der Waals surface area (Å²) in [5, 5.41) is 5.63. The maximum Gasteiger partial charge on any atom is 0.216 e. The standard InChI is InChI=1S/C14H20N4O3/c1-10(19)16-5-6-17-14(15)18-11-3-4-12-13(9-11)21-8-2-7-20-12/h3-4,9H,2,5-8H2,1H3,(H,16,19)(H3,15,17,18). The van der Waals surface area contributed by atoms with Crippen molar-refractivity contribution in [3.05, 3.63) is 18.2 Å². The smallest absolute Gasteiger partial charge is 0.216 e. The van der Waals surface area contributed by atoms with Gasteiger partial charge in [-0.2, -0.15) is 0 Å². The van der Waals surface area contributed by atoms with E-state index in [2.05, 4.69) is 15.6 Å². The van der Waals surface area contributed by atoms with Crippen LogP contribution in [-0.4, -0.2) is 38.2 Å². The van der Waals surface area contributed by atoms with Crippen LogP contribution >= 0.6 is 0 Å². The van der Waals surface area contributed by atoms with Crippen LogP contribution in [0.15, 0.2) is 23.2 Å². The maximum absolute atomic E-state index is 10.7. The molecule has 7 nitrogen and oxygen atoms in total. The van der Waals surface area contributed by atoms with Gasteiger partial charge in [-0.15, -0.1) is 0 Å². The van der Waals surface area contributed by atoms with Gasteiger partial charge in [0.1, 0.15) is 0 Å². The molecule has 7 heteroatoms.